The third kappa shape index (κ3) is 2.45. The Kier molecular flexibility index (Phi) is 3.24. The molecule has 3 heteroatoms. The smallest absolute Gasteiger partial charge is 0.223 e. The first-order chi connectivity index (χ1) is 8.39. The number of benzene rings is 1. The lowest BCUT2D eigenvalue weighted by molar-refractivity contribution is -0.131. The molecule has 0 unspecified atom stereocenters. The summed E-state index contributed by atoms with van der Waals surface area (Å²) in [5, 5.41) is 0. The predicted molar refractivity (Wildman–Crippen MR) is 70.3 cm³/mol. The minimum Gasteiger partial charge on any atom is -0.337 e. The molecule has 1 aliphatic heterocycles. The van der Waals surface area contributed by atoms with Gasteiger partial charge in [0.25, 0.3) is 0 Å². The number of hydrogen-bond donors (Lipinski definition) is 0. The first kappa shape index (κ1) is 12.8. The van der Waals surface area contributed by atoms with Crippen LogP contribution >= 0.6 is 0 Å². The number of carbonyl (C=O) groups is 2. The summed E-state index contributed by atoms with van der Waals surface area (Å²) in [5.41, 5.74) is 0.495. The Morgan fingerprint density at radius 2 is 1.83 bits per heavy atom. The maximum atomic E-state index is 12.3. The van der Waals surface area contributed by atoms with Crippen molar-refractivity contribution < 1.29 is 9.59 Å². The molecule has 0 radical (unpaired) electrons. The van der Waals surface area contributed by atoms with E-state index >= 15 is 0 Å². The van der Waals surface area contributed by atoms with Crippen LogP contribution in [0.15, 0.2) is 30.3 Å². The number of likely N-dealkylation sites (tertiary alicyclic amines) is 1. The van der Waals surface area contributed by atoms with Crippen LogP contribution in [0.1, 0.15) is 37.6 Å². The van der Waals surface area contributed by atoms with Crippen LogP contribution in [-0.2, 0) is 4.79 Å². The zero-order chi connectivity index (χ0) is 13.3. The van der Waals surface area contributed by atoms with Gasteiger partial charge in [-0.05, 0) is 20.8 Å². The van der Waals surface area contributed by atoms with Crippen molar-refractivity contribution in [3.63, 3.8) is 0 Å². The Labute approximate surface area is 108 Å². The van der Waals surface area contributed by atoms with E-state index in [1.165, 1.54) is 0 Å². The molecule has 0 aromatic heterocycles. The number of carbonyl (C=O) groups excluding carboxylic acids is 2. The van der Waals surface area contributed by atoms with Crippen molar-refractivity contribution in [1.29, 1.82) is 0 Å². The first-order valence-corrected chi connectivity index (χ1v) is 6.29. The van der Waals surface area contributed by atoms with Crippen molar-refractivity contribution in [1.82, 2.24) is 4.90 Å². The number of amides is 1. The fraction of sp³-hybridized carbons (Fsp3) is 0.467. The van der Waals surface area contributed by atoms with Gasteiger partial charge in [-0.1, -0.05) is 30.3 Å². The number of Topliss-reactive ketones (excluding diaryl/α,β-unsaturated/α-hetero) is 1. The highest BCUT2D eigenvalue weighted by atomic mass is 16.2. The summed E-state index contributed by atoms with van der Waals surface area (Å²) in [5.74, 6) is -0.0355. The molecular formula is C15H19NO2. The lowest BCUT2D eigenvalue weighted by Gasteiger charge is -2.31. The second kappa shape index (κ2) is 4.56. The molecule has 0 spiro atoms. The Morgan fingerprint density at radius 3 is 2.33 bits per heavy atom. The lowest BCUT2D eigenvalue weighted by Crippen LogP contribution is -2.42. The van der Waals surface area contributed by atoms with E-state index in [-0.39, 0.29) is 23.1 Å². The Morgan fingerprint density at radius 1 is 1.22 bits per heavy atom. The van der Waals surface area contributed by atoms with Gasteiger partial charge in [0.1, 0.15) is 0 Å². The van der Waals surface area contributed by atoms with Crippen LogP contribution in [-0.4, -0.2) is 28.7 Å². The number of rotatable bonds is 2. The molecule has 1 aliphatic rings. The van der Waals surface area contributed by atoms with Crippen LogP contribution in [0.2, 0.25) is 0 Å². The second-order valence-electron chi connectivity index (χ2n) is 5.81. The topological polar surface area (TPSA) is 37.4 Å². The molecule has 18 heavy (non-hydrogen) atoms. The van der Waals surface area contributed by atoms with Crippen LogP contribution in [0, 0.1) is 5.92 Å². The van der Waals surface area contributed by atoms with E-state index < -0.39 is 0 Å². The quantitative estimate of drug-likeness (QED) is 0.751. The minimum atomic E-state index is -0.206. The van der Waals surface area contributed by atoms with Gasteiger partial charge in [-0.15, -0.1) is 0 Å². The molecule has 1 aromatic carbocycles. The molecular weight excluding hydrogens is 226 g/mol. The SMILES string of the molecule is CC(C)(C)N1C[C@@H](C(=O)c2ccccc2)CC1=O. The van der Waals surface area contributed by atoms with Crippen LogP contribution < -0.4 is 0 Å². The van der Waals surface area contributed by atoms with E-state index in [0.29, 0.717) is 18.5 Å². The average molecular weight is 245 g/mol. The molecule has 1 aromatic rings. The Bertz CT molecular complexity index is 459. The standard InChI is InChI=1S/C15H19NO2/c1-15(2,3)16-10-12(9-13(16)17)14(18)11-7-5-4-6-8-11/h4-8,12H,9-10H2,1-3H3/t12-/m0/s1. The fourth-order valence-electron chi connectivity index (χ4n) is 2.37. The molecule has 1 atom stereocenters. The summed E-state index contributed by atoms with van der Waals surface area (Å²) in [6.45, 7) is 6.54. The van der Waals surface area contributed by atoms with Crippen LogP contribution in [0.3, 0.4) is 0 Å². The maximum Gasteiger partial charge on any atom is 0.223 e. The van der Waals surface area contributed by atoms with Gasteiger partial charge in [0.15, 0.2) is 5.78 Å². The molecule has 3 nitrogen and oxygen atoms in total. The first-order valence-electron chi connectivity index (χ1n) is 6.29. The van der Waals surface area contributed by atoms with E-state index in [1.54, 1.807) is 4.90 Å². The third-order valence-corrected chi connectivity index (χ3v) is 3.36. The molecule has 1 fully saturated rings. The highest BCUT2D eigenvalue weighted by molar-refractivity contribution is 6.01. The molecule has 0 saturated carbocycles. The van der Waals surface area contributed by atoms with Crippen LogP contribution in [0.5, 0.6) is 0 Å². The normalized spacial score (nSPS) is 20.3. The van der Waals surface area contributed by atoms with E-state index in [0.717, 1.165) is 0 Å². The Hall–Kier alpha value is -1.64. The summed E-state index contributed by atoms with van der Waals surface area (Å²) in [6.07, 6.45) is 0.338. The molecule has 2 rings (SSSR count). The maximum absolute atomic E-state index is 12.3. The van der Waals surface area contributed by atoms with Crippen molar-refractivity contribution in [3.8, 4) is 0 Å². The molecule has 96 valence electrons. The van der Waals surface area contributed by atoms with E-state index in [1.807, 2.05) is 51.1 Å². The number of hydrogen-bond acceptors (Lipinski definition) is 2. The highest BCUT2D eigenvalue weighted by Crippen LogP contribution is 2.27. The lowest BCUT2D eigenvalue weighted by atomic mass is 9.97. The summed E-state index contributed by atoms with van der Waals surface area (Å²) in [7, 11) is 0. The molecule has 0 aliphatic carbocycles. The fourth-order valence-corrected chi connectivity index (χ4v) is 2.37. The van der Waals surface area contributed by atoms with E-state index in [4.69, 9.17) is 0 Å². The van der Waals surface area contributed by atoms with Gasteiger partial charge in [0.05, 0.1) is 0 Å². The molecule has 1 amide bonds. The summed E-state index contributed by atoms with van der Waals surface area (Å²) >= 11 is 0. The molecule has 0 N–H and O–H groups in total. The van der Waals surface area contributed by atoms with Crippen molar-refractivity contribution in [2.24, 2.45) is 5.92 Å². The predicted octanol–water partition coefficient (Wildman–Crippen LogP) is 2.52. The highest BCUT2D eigenvalue weighted by Gasteiger charge is 2.39. The molecule has 1 saturated heterocycles. The van der Waals surface area contributed by atoms with Crippen molar-refractivity contribution >= 4 is 11.7 Å². The van der Waals surface area contributed by atoms with Crippen molar-refractivity contribution in [3.05, 3.63) is 35.9 Å². The molecule has 1 heterocycles. The summed E-state index contributed by atoms with van der Waals surface area (Å²) < 4.78 is 0. The monoisotopic (exact) mass is 245 g/mol. The zero-order valence-corrected chi connectivity index (χ0v) is 11.1. The number of ketones is 1. The van der Waals surface area contributed by atoms with Crippen LogP contribution in [0.4, 0.5) is 0 Å². The van der Waals surface area contributed by atoms with Gasteiger partial charge in [-0.2, -0.15) is 0 Å². The largest absolute Gasteiger partial charge is 0.337 e. The van der Waals surface area contributed by atoms with Gasteiger partial charge in [0, 0.05) is 30.0 Å². The van der Waals surface area contributed by atoms with Crippen molar-refractivity contribution in [2.75, 3.05) is 6.54 Å². The second-order valence-corrected chi connectivity index (χ2v) is 5.81. The number of nitrogens with zero attached hydrogens (tertiary/aromatic N) is 1. The summed E-state index contributed by atoms with van der Waals surface area (Å²) in [4.78, 5) is 26.0. The zero-order valence-electron chi connectivity index (χ0n) is 11.1. The van der Waals surface area contributed by atoms with Gasteiger partial charge in [-0.3, -0.25) is 9.59 Å². The van der Waals surface area contributed by atoms with Crippen molar-refractivity contribution in [2.45, 2.75) is 32.7 Å². The minimum absolute atomic E-state index is 0.0794. The Balaban J connectivity index is 2.14. The summed E-state index contributed by atoms with van der Waals surface area (Å²) in [6, 6.07) is 9.22. The van der Waals surface area contributed by atoms with Crippen LogP contribution in [0.25, 0.3) is 0 Å². The third-order valence-electron chi connectivity index (χ3n) is 3.36. The van der Waals surface area contributed by atoms with Gasteiger partial charge >= 0.3 is 0 Å². The average Bonchev–Trinajstić information content (AvgIpc) is 2.71. The van der Waals surface area contributed by atoms with Gasteiger partial charge in [0.2, 0.25) is 5.91 Å². The van der Waals surface area contributed by atoms with E-state index in [9.17, 15) is 9.59 Å². The molecule has 0 bridgehead atoms. The van der Waals surface area contributed by atoms with Gasteiger partial charge < -0.3 is 4.90 Å². The van der Waals surface area contributed by atoms with E-state index in [2.05, 4.69) is 0 Å². The van der Waals surface area contributed by atoms with Gasteiger partial charge in [-0.25, -0.2) is 0 Å².